The lowest BCUT2D eigenvalue weighted by molar-refractivity contribution is -0.136. The number of nitrogens with zero attached hydrogens (tertiary/aromatic N) is 1. The van der Waals surface area contributed by atoms with Gasteiger partial charge in [-0.1, -0.05) is 37.3 Å². The molecule has 1 heterocycles. The molecule has 20 heavy (non-hydrogen) atoms. The smallest absolute Gasteiger partial charge is 0.307 e. The van der Waals surface area contributed by atoms with Crippen LogP contribution in [-0.4, -0.2) is 28.4 Å². The van der Waals surface area contributed by atoms with E-state index in [2.05, 4.69) is 0 Å². The summed E-state index contributed by atoms with van der Waals surface area (Å²) >= 11 is 0. The van der Waals surface area contributed by atoms with Gasteiger partial charge in [0.15, 0.2) is 0 Å². The van der Waals surface area contributed by atoms with Crippen LogP contribution in [0.25, 0.3) is 0 Å². The zero-order valence-corrected chi connectivity index (χ0v) is 11.6. The van der Waals surface area contributed by atoms with Crippen LogP contribution in [0.3, 0.4) is 0 Å². The molecule has 0 radical (unpaired) electrons. The number of carbonyl (C=O) groups is 2. The highest BCUT2D eigenvalue weighted by Gasteiger charge is 2.27. The van der Waals surface area contributed by atoms with Crippen molar-refractivity contribution >= 4 is 11.9 Å². The highest BCUT2D eigenvalue weighted by Crippen LogP contribution is 2.25. The second kappa shape index (κ2) is 6.37. The van der Waals surface area contributed by atoms with Crippen molar-refractivity contribution in [1.82, 2.24) is 4.90 Å². The molecular weight excluding hydrogens is 254 g/mol. The Kier molecular flexibility index (Phi) is 4.56. The Bertz CT molecular complexity index is 522. The van der Waals surface area contributed by atoms with E-state index in [1.165, 1.54) is 6.08 Å². The molecule has 0 unspecified atom stereocenters. The summed E-state index contributed by atoms with van der Waals surface area (Å²) in [5.74, 6) is -0.818. The Balaban J connectivity index is 2.12. The molecule has 1 aromatic rings. The molecule has 0 aliphatic carbocycles. The van der Waals surface area contributed by atoms with Crippen LogP contribution in [0, 0.1) is 5.92 Å². The van der Waals surface area contributed by atoms with E-state index in [1.807, 2.05) is 37.3 Å². The summed E-state index contributed by atoms with van der Waals surface area (Å²) in [4.78, 5) is 24.7. The number of amides is 1. The van der Waals surface area contributed by atoms with Gasteiger partial charge in [0.2, 0.25) is 5.91 Å². The maximum Gasteiger partial charge on any atom is 0.307 e. The highest BCUT2D eigenvalue weighted by molar-refractivity contribution is 5.90. The molecule has 1 aliphatic rings. The second-order valence-corrected chi connectivity index (χ2v) is 5.10. The van der Waals surface area contributed by atoms with Crippen LogP contribution in [0.4, 0.5) is 0 Å². The largest absolute Gasteiger partial charge is 0.481 e. The monoisotopic (exact) mass is 273 g/mol. The first-order valence-corrected chi connectivity index (χ1v) is 6.85. The third-order valence-corrected chi connectivity index (χ3v) is 3.65. The standard InChI is InChI=1S/C16H19NO3/c1-2-13-11-17(10-12-6-4-3-5-7-12)15(18)8-14(13)9-16(19)20/h3-8,13H,2,9-11H2,1H3,(H,19,20)/t13-/m1/s1. The van der Waals surface area contributed by atoms with E-state index in [1.54, 1.807) is 4.90 Å². The number of benzene rings is 1. The SMILES string of the molecule is CC[C@@H]1CN(Cc2ccccc2)C(=O)C=C1CC(=O)O. The number of carboxylic acid groups (broad SMARTS) is 1. The minimum atomic E-state index is -0.876. The van der Waals surface area contributed by atoms with Crippen molar-refractivity contribution in [3.63, 3.8) is 0 Å². The molecular formula is C16H19NO3. The Hall–Kier alpha value is -2.10. The second-order valence-electron chi connectivity index (χ2n) is 5.10. The summed E-state index contributed by atoms with van der Waals surface area (Å²) in [6, 6.07) is 9.83. The van der Waals surface area contributed by atoms with Gasteiger partial charge in [0, 0.05) is 19.2 Å². The summed E-state index contributed by atoms with van der Waals surface area (Å²) < 4.78 is 0. The van der Waals surface area contributed by atoms with Crippen molar-refractivity contribution in [1.29, 1.82) is 0 Å². The maximum absolute atomic E-state index is 12.1. The van der Waals surface area contributed by atoms with Crippen LogP contribution < -0.4 is 0 Å². The van der Waals surface area contributed by atoms with Crippen LogP contribution in [-0.2, 0) is 16.1 Å². The topological polar surface area (TPSA) is 57.6 Å². The molecule has 1 N–H and O–H groups in total. The van der Waals surface area contributed by atoms with Gasteiger partial charge in [-0.05, 0) is 23.5 Å². The van der Waals surface area contributed by atoms with Crippen molar-refractivity contribution in [2.24, 2.45) is 5.92 Å². The number of aliphatic carboxylic acids is 1. The molecule has 1 aromatic carbocycles. The molecule has 106 valence electrons. The molecule has 1 atom stereocenters. The van der Waals surface area contributed by atoms with E-state index in [9.17, 15) is 9.59 Å². The quantitative estimate of drug-likeness (QED) is 0.896. The minimum Gasteiger partial charge on any atom is -0.481 e. The van der Waals surface area contributed by atoms with Crippen LogP contribution in [0.1, 0.15) is 25.3 Å². The predicted molar refractivity (Wildman–Crippen MR) is 76.0 cm³/mol. The number of carboxylic acids is 1. The minimum absolute atomic E-state index is 0.0383. The molecule has 1 amide bonds. The van der Waals surface area contributed by atoms with E-state index in [0.29, 0.717) is 13.1 Å². The average Bonchev–Trinajstić information content (AvgIpc) is 2.42. The molecule has 0 fully saturated rings. The van der Waals surface area contributed by atoms with Gasteiger partial charge in [-0.25, -0.2) is 0 Å². The zero-order chi connectivity index (χ0) is 14.5. The molecule has 0 saturated carbocycles. The molecule has 1 aliphatic heterocycles. The lowest BCUT2D eigenvalue weighted by Crippen LogP contribution is -2.38. The van der Waals surface area contributed by atoms with E-state index in [4.69, 9.17) is 5.11 Å². The van der Waals surface area contributed by atoms with Gasteiger partial charge in [0.1, 0.15) is 0 Å². The lowest BCUT2D eigenvalue weighted by atomic mass is 9.89. The van der Waals surface area contributed by atoms with Crippen molar-refractivity contribution in [2.45, 2.75) is 26.3 Å². The normalized spacial score (nSPS) is 18.9. The number of hydrogen-bond donors (Lipinski definition) is 1. The Morgan fingerprint density at radius 2 is 2.05 bits per heavy atom. The Labute approximate surface area is 118 Å². The van der Waals surface area contributed by atoms with Gasteiger partial charge in [-0.15, -0.1) is 0 Å². The summed E-state index contributed by atoms with van der Waals surface area (Å²) in [6.45, 7) is 3.20. The predicted octanol–water partition coefficient (Wildman–Crippen LogP) is 2.46. The van der Waals surface area contributed by atoms with Crippen LogP contribution in [0.5, 0.6) is 0 Å². The van der Waals surface area contributed by atoms with Gasteiger partial charge in [-0.2, -0.15) is 0 Å². The summed E-state index contributed by atoms with van der Waals surface area (Å²) in [5.41, 5.74) is 1.83. The summed E-state index contributed by atoms with van der Waals surface area (Å²) in [6.07, 6.45) is 2.32. The number of hydrogen-bond acceptors (Lipinski definition) is 2. The maximum atomic E-state index is 12.1. The molecule has 4 nitrogen and oxygen atoms in total. The van der Waals surface area contributed by atoms with Gasteiger partial charge in [-0.3, -0.25) is 9.59 Å². The molecule has 0 saturated heterocycles. The molecule has 0 aromatic heterocycles. The van der Waals surface area contributed by atoms with E-state index >= 15 is 0 Å². The summed E-state index contributed by atoms with van der Waals surface area (Å²) in [7, 11) is 0. The molecule has 0 bridgehead atoms. The molecule has 0 spiro atoms. The summed E-state index contributed by atoms with van der Waals surface area (Å²) in [5, 5.41) is 8.90. The van der Waals surface area contributed by atoms with Crippen LogP contribution in [0.15, 0.2) is 42.0 Å². The van der Waals surface area contributed by atoms with Crippen molar-refractivity contribution in [3.8, 4) is 0 Å². The first-order chi connectivity index (χ1) is 9.60. The Morgan fingerprint density at radius 3 is 2.65 bits per heavy atom. The van der Waals surface area contributed by atoms with Crippen molar-refractivity contribution in [3.05, 3.63) is 47.5 Å². The van der Waals surface area contributed by atoms with Crippen LogP contribution >= 0.6 is 0 Å². The first-order valence-electron chi connectivity index (χ1n) is 6.85. The molecule has 4 heteroatoms. The fraction of sp³-hybridized carbons (Fsp3) is 0.375. The Morgan fingerprint density at radius 1 is 1.35 bits per heavy atom. The van der Waals surface area contributed by atoms with E-state index in [0.717, 1.165) is 17.6 Å². The van der Waals surface area contributed by atoms with Gasteiger partial charge in [0.05, 0.1) is 6.42 Å². The fourth-order valence-electron chi connectivity index (χ4n) is 2.55. The lowest BCUT2D eigenvalue weighted by Gasteiger charge is -2.32. The van der Waals surface area contributed by atoms with Gasteiger partial charge in [0.25, 0.3) is 0 Å². The average molecular weight is 273 g/mol. The molecule has 2 rings (SSSR count). The number of rotatable bonds is 5. The fourth-order valence-corrected chi connectivity index (χ4v) is 2.55. The first kappa shape index (κ1) is 14.3. The van der Waals surface area contributed by atoms with E-state index < -0.39 is 5.97 Å². The highest BCUT2D eigenvalue weighted by atomic mass is 16.4. The van der Waals surface area contributed by atoms with Gasteiger partial charge < -0.3 is 10.0 Å². The van der Waals surface area contributed by atoms with Gasteiger partial charge >= 0.3 is 5.97 Å². The van der Waals surface area contributed by atoms with Crippen molar-refractivity contribution in [2.75, 3.05) is 6.54 Å². The van der Waals surface area contributed by atoms with Crippen molar-refractivity contribution < 1.29 is 14.7 Å². The third-order valence-electron chi connectivity index (χ3n) is 3.65. The van der Waals surface area contributed by atoms with Crippen LogP contribution in [0.2, 0.25) is 0 Å². The number of carbonyl (C=O) groups excluding carboxylic acids is 1. The van der Waals surface area contributed by atoms with E-state index in [-0.39, 0.29) is 18.2 Å². The zero-order valence-electron chi connectivity index (χ0n) is 11.6. The third kappa shape index (κ3) is 3.47.